The molecule has 0 spiro atoms. The minimum absolute atomic E-state index is 0.190. The van der Waals surface area contributed by atoms with Crippen molar-refractivity contribution in [2.24, 2.45) is 0 Å². The zero-order chi connectivity index (χ0) is 11.7. The molecule has 0 saturated carbocycles. The minimum atomic E-state index is -4.46. The van der Waals surface area contributed by atoms with Crippen LogP contribution in [0.3, 0.4) is 0 Å². The Bertz CT molecular complexity index is 328. The standard InChI is InChI=1S/C10H13F3N2/c1-4-9(2,3)7-5-14-8(15-6-7)10(11,12)13/h5-6H,4H2,1-3H3. The number of halogens is 3. The smallest absolute Gasteiger partial charge is 0.233 e. The molecule has 15 heavy (non-hydrogen) atoms. The quantitative estimate of drug-likeness (QED) is 0.761. The number of aromatic nitrogens is 2. The zero-order valence-corrected chi connectivity index (χ0v) is 8.89. The van der Waals surface area contributed by atoms with Gasteiger partial charge in [-0.2, -0.15) is 13.2 Å². The van der Waals surface area contributed by atoms with Gasteiger partial charge >= 0.3 is 6.18 Å². The van der Waals surface area contributed by atoms with Crippen LogP contribution >= 0.6 is 0 Å². The first-order valence-electron chi connectivity index (χ1n) is 4.67. The Hall–Kier alpha value is -1.13. The van der Waals surface area contributed by atoms with E-state index < -0.39 is 12.0 Å². The van der Waals surface area contributed by atoms with E-state index in [0.29, 0.717) is 0 Å². The molecular formula is C10H13F3N2. The van der Waals surface area contributed by atoms with Crippen molar-refractivity contribution >= 4 is 0 Å². The van der Waals surface area contributed by atoms with E-state index >= 15 is 0 Å². The summed E-state index contributed by atoms with van der Waals surface area (Å²) < 4.78 is 36.5. The highest BCUT2D eigenvalue weighted by molar-refractivity contribution is 5.17. The van der Waals surface area contributed by atoms with Gasteiger partial charge in [0.25, 0.3) is 0 Å². The molecule has 0 radical (unpaired) electrons. The summed E-state index contributed by atoms with van der Waals surface area (Å²) in [6.07, 6.45) is -1.14. The SMILES string of the molecule is CCC(C)(C)c1cnc(C(F)(F)F)nc1. The predicted molar refractivity (Wildman–Crippen MR) is 50.4 cm³/mol. The summed E-state index contributed by atoms with van der Waals surface area (Å²) >= 11 is 0. The Morgan fingerprint density at radius 1 is 1.13 bits per heavy atom. The average molecular weight is 218 g/mol. The van der Waals surface area contributed by atoms with Crippen LogP contribution in [0.15, 0.2) is 12.4 Å². The van der Waals surface area contributed by atoms with E-state index in [1.807, 2.05) is 20.8 Å². The normalized spacial score (nSPS) is 12.9. The van der Waals surface area contributed by atoms with Gasteiger partial charge in [-0.15, -0.1) is 0 Å². The third-order valence-electron chi connectivity index (χ3n) is 2.57. The Balaban J connectivity index is 3.01. The van der Waals surface area contributed by atoms with Gasteiger partial charge in [-0.25, -0.2) is 9.97 Å². The maximum absolute atomic E-state index is 12.2. The highest BCUT2D eigenvalue weighted by Crippen LogP contribution is 2.29. The largest absolute Gasteiger partial charge is 0.451 e. The fourth-order valence-electron chi connectivity index (χ4n) is 1.03. The van der Waals surface area contributed by atoms with Crippen LogP contribution in [0.1, 0.15) is 38.6 Å². The molecule has 0 aromatic carbocycles. The number of alkyl halides is 3. The van der Waals surface area contributed by atoms with Crippen molar-refractivity contribution in [3.8, 4) is 0 Å². The second kappa shape index (κ2) is 3.79. The van der Waals surface area contributed by atoms with Crippen molar-refractivity contribution in [2.75, 3.05) is 0 Å². The number of hydrogen-bond acceptors (Lipinski definition) is 2. The molecule has 1 heterocycles. The molecule has 0 aliphatic carbocycles. The summed E-state index contributed by atoms with van der Waals surface area (Å²) in [5, 5.41) is 0. The van der Waals surface area contributed by atoms with Gasteiger partial charge in [0.05, 0.1) is 0 Å². The van der Waals surface area contributed by atoms with Crippen molar-refractivity contribution in [3.05, 3.63) is 23.8 Å². The minimum Gasteiger partial charge on any atom is -0.233 e. The summed E-state index contributed by atoms with van der Waals surface area (Å²) in [5.74, 6) is -1.09. The number of nitrogens with zero attached hydrogens (tertiary/aromatic N) is 2. The topological polar surface area (TPSA) is 25.8 Å². The van der Waals surface area contributed by atoms with E-state index in [1.54, 1.807) is 0 Å². The van der Waals surface area contributed by atoms with Crippen molar-refractivity contribution in [2.45, 2.75) is 38.8 Å². The molecule has 0 aliphatic heterocycles. The summed E-state index contributed by atoms with van der Waals surface area (Å²) in [4.78, 5) is 6.66. The lowest BCUT2D eigenvalue weighted by molar-refractivity contribution is -0.145. The van der Waals surface area contributed by atoms with Crippen molar-refractivity contribution in [1.29, 1.82) is 0 Å². The molecule has 0 bridgehead atoms. The monoisotopic (exact) mass is 218 g/mol. The van der Waals surface area contributed by atoms with E-state index in [1.165, 1.54) is 12.4 Å². The molecular weight excluding hydrogens is 205 g/mol. The van der Waals surface area contributed by atoms with Gasteiger partial charge in [0.2, 0.25) is 5.82 Å². The van der Waals surface area contributed by atoms with Gasteiger partial charge < -0.3 is 0 Å². The fourth-order valence-corrected chi connectivity index (χ4v) is 1.03. The summed E-state index contributed by atoms with van der Waals surface area (Å²) in [5.41, 5.74) is 0.530. The van der Waals surface area contributed by atoms with Crippen molar-refractivity contribution in [3.63, 3.8) is 0 Å². The molecule has 1 aromatic heterocycles. The van der Waals surface area contributed by atoms with Crippen LogP contribution in [0.2, 0.25) is 0 Å². The molecule has 0 saturated heterocycles. The highest BCUT2D eigenvalue weighted by Gasteiger charge is 2.34. The second-order valence-corrected chi connectivity index (χ2v) is 4.03. The molecule has 0 amide bonds. The maximum atomic E-state index is 12.2. The second-order valence-electron chi connectivity index (χ2n) is 4.03. The summed E-state index contributed by atoms with van der Waals surface area (Å²) in [7, 11) is 0. The van der Waals surface area contributed by atoms with Gasteiger partial charge in [-0.05, 0) is 17.4 Å². The molecule has 0 N–H and O–H groups in total. The lowest BCUT2D eigenvalue weighted by Crippen LogP contribution is -2.18. The molecule has 0 aliphatic rings. The Morgan fingerprint density at radius 2 is 1.60 bits per heavy atom. The third kappa shape index (κ3) is 2.67. The average Bonchev–Trinajstić information content (AvgIpc) is 2.17. The summed E-state index contributed by atoms with van der Waals surface area (Å²) in [6, 6.07) is 0. The maximum Gasteiger partial charge on any atom is 0.451 e. The van der Waals surface area contributed by atoms with Gasteiger partial charge in [0.1, 0.15) is 0 Å². The highest BCUT2D eigenvalue weighted by atomic mass is 19.4. The van der Waals surface area contributed by atoms with Crippen molar-refractivity contribution < 1.29 is 13.2 Å². The van der Waals surface area contributed by atoms with Gasteiger partial charge in [0.15, 0.2) is 0 Å². The first-order valence-corrected chi connectivity index (χ1v) is 4.67. The van der Waals surface area contributed by atoms with Crippen LogP contribution in [0.4, 0.5) is 13.2 Å². The van der Waals surface area contributed by atoms with Crippen LogP contribution in [0.5, 0.6) is 0 Å². The number of rotatable bonds is 2. The third-order valence-corrected chi connectivity index (χ3v) is 2.57. The first-order chi connectivity index (χ1) is 6.77. The van der Waals surface area contributed by atoms with Gasteiger partial charge in [0, 0.05) is 12.4 Å². The van der Waals surface area contributed by atoms with Crippen LogP contribution in [-0.4, -0.2) is 9.97 Å². The zero-order valence-electron chi connectivity index (χ0n) is 8.89. The van der Waals surface area contributed by atoms with Crippen LogP contribution < -0.4 is 0 Å². The molecule has 1 aromatic rings. The Kier molecular flexibility index (Phi) is 3.02. The van der Waals surface area contributed by atoms with E-state index in [4.69, 9.17) is 0 Å². The lowest BCUT2D eigenvalue weighted by Gasteiger charge is -2.22. The van der Waals surface area contributed by atoms with E-state index in [-0.39, 0.29) is 5.41 Å². The van der Waals surface area contributed by atoms with Crippen LogP contribution in [-0.2, 0) is 11.6 Å². The fraction of sp³-hybridized carbons (Fsp3) is 0.600. The van der Waals surface area contributed by atoms with Gasteiger partial charge in [-0.1, -0.05) is 20.8 Å². The summed E-state index contributed by atoms with van der Waals surface area (Å²) in [6.45, 7) is 5.86. The molecule has 84 valence electrons. The molecule has 1 rings (SSSR count). The van der Waals surface area contributed by atoms with E-state index in [2.05, 4.69) is 9.97 Å². The lowest BCUT2D eigenvalue weighted by atomic mass is 9.84. The molecule has 0 unspecified atom stereocenters. The number of hydrogen-bond donors (Lipinski definition) is 0. The first kappa shape index (κ1) is 11.9. The van der Waals surface area contributed by atoms with Crippen LogP contribution in [0.25, 0.3) is 0 Å². The van der Waals surface area contributed by atoms with Gasteiger partial charge in [-0.3, -0.25) is 0 Å². The van der Waals surface area contributed by atoms with E-state index in [0.717, 1.165) is 12.0 Å². The molecule has 0 fully saturated rings. The van der Waals surface area contributed by atoms with Crippen molar-refractivity contribution in [1.82, 2.24) is 9.97 Å². The Morgan fingerprint density at radius 3 is 1.93 bits per heavy atom. The van der Waals surface area contributed by atoms with E-state index in [9.17, 15) is 13.2 Å². The Labute approximate surface area is 86.6 Å². The molecule has 5 heteroatoms. The van der Waals surface area contributed by atoms with Crippen LogP contribution in [0, 0.1) is 0 Å². The molecule has 2 nitrogen and oxygen atoms in total. The predicted octanol–water partition coefficient (Wildman–Crippen LogP) is 3.18. The molecule has 0 atom stereocenters.